The summed E-state index contributed by atoms with van der Waals surface area (Å²) in [5.41, 5.74) is -0.0796. The number of hydrogen-bond donors (Lipinski definition) is 2. The number of methoxy groups -OCH3 is 1. The monoisotopic (exact) mass is 484 g/mol. The number of anilines is 2. The van der Waals surface area contributed by atoms with E-state index in [1.54, 1.807) is 18.2 Å². The SMILES string of the molecule is COc1ccccc1NS(=O)(=O)c1cc([N+](=O)[O-])ccc1NC1CCCN(S(C)(=O)=O)C1. The van der Waals surface area contributed by atoms with Crippen LogP contribution in [0.2, 0.25) is 0 Å². The van der Waals surface area contributed by atoms with Gasteiger partial charge in [-0.1, -0.05) is 12.1 Å². The minimum atomic E-state index is -4.25. The number of para-hydroxylation sites is 2. The Morgan fingerprint density at radius 3 is 2.50 bits per heavy atom. The Morgan fingerprint density at radius 2 is 1.84 bits per heavy atom. The molecule has 1 aliphatic rings. The normalized spacial score (nSPS) is 17.5. The molecule has 11 nitrogen and oxygen atoms in total. The van der Waals surface area contributed by atoms with Crippen molar-refractivity contribution >= 4 is 37.1 Å². The fourth-order valence-corrected chi connectivity index (χ4v) is 5.65. The molecule has 1 fully saturated rings. The van der Waals surface area contributed by atoms with Gasteiger partial charge in [0.2, 0.25) is 10.0 Å². The number of benzene rings is 2. The molecule has 1 heterocycles. The molecule has 0 bridgehead atoms. The zero-order valence-corrected chi connectivity index (χ0v) is 19.1. The van der Waals surface area contributed by atoms with E-state index < -0.39 is 30.7 Å². The lowest BCUT2D eigenvalue weighted by Crippen LogP contribution is -2.44. The summed E-state index contributed by atoms with van der Waals surface area (Å²) in [5, 5.41) is 14.3. The van der Waals surface area contributed by atoms with Gasteiger partial charge in [-0.2, -0.15) is 0 Å². The molecule has 0 spiro atoms. The lowest BCUT2D eigenvalue weighted by molar-refractivity contribution is -0.385. The van der Waals surface area contributed by atoms with Crippen molar-refractivity contribution in [3.63, 3.8) is 0 Å². The third-order valence-electron chi connectivity index (χ3n) is 5.03. The Balaban J connectivity index is 1.97. The van der Waals surface area contributed by atoms with E-state index in [0.717, 1.165) is 12.3 Å². The van der Waals surface area contributed by atoms with E-state index >= 15 is 0 Å². The van der Waals surface area contributed by atoms with Gasteiger partial charge in [0.25, 0.3) is 15.7 Å². The number of piperidine rings is 1. The Bertz CT molecular complexity index is 1220. The van der Waals surface area contributed by atoms with Gasteiger partial charge in [-0.25, -0.2) is 21.1 Å². The highest BCUT2D eigenvalue weighted by molar-refractivity contribution is 7.93. The summed E-state index contributed by atoms with van der Waals surface area (Å²) in [6.07, 6.45) is 2.33. The summed E-state index contributed by atoms with van der Waals surface area (Å²) in [4.78, 5) is 10.3. The summed E-state index contributed by atoms with van der Waals surface area (Å²) < 4.78 is 59.1. The molecule has 0 amide bonds. The molecule has 3 rings (SSSR count). The number of nitro groups is 1. The fraction of sp³-hybridized carbons (Fsp3) is 0.368. The first-order valence-electron chi connectivity index (χ1n) is 9.67. The highest BCUT2D eigenvalue weighted by atomic mass is 32.2. The van der Waals surface area contributed by atoms with Crippen LogP contribution >= 0.6 is 0 Å². The summed E-state index contributed by atoms with van der Waals surface area (Å²) in [5.74, 6) is 0.284. The van der Waals surface area contributed by atoms with Crippen LogP contribution in [0.15, 0.2) is 47.4 Å². The molecule has 2 N–H and O–H groups in total. The van der Waals surface area contributed by atoms with Gasteiger partial charge in [0, 0.05) is 31.3 Å². The van der Waals surface area contributed by atoms with Gasteiger partial charge in [-0.3, -0.25) is 14.8 Å². The lowest BCUT2D eigenvalue weighted by Gasteiger charge is -2.32. The highest BCUT2D eigenvalue weighted by Crippen LogP contribution is 2.32. The van der Waals surface area contributed by atoms with Gasteiger partial charge in [-0.05, 0) is 31.0 Å². The number of nitrogens with one attached hydrogen (secondary N) is 2. The molecule has 2 aromatic rings. The molecule has 0 aliphatic carbocycles. The van der Waals surface area contributed by atoms with E-state index in [-0.39, 0.29) is 34.6 Å². The van der Waals surface area contributed by atoms with Crippen LogP contribution in [0.25, 0.3) is 0 Å². The molecular weight excluding hydrogens is 460 g/mol. The minimum Gasteiger partial charge on any atom is -0.495 e. The first-order valence-corrected chi connectivity index (χ1v) is 13.0. The summed E-state index contributed by atoms with van der Waals surface area (Å²) in [7, 11) is -6.26. The summed E-state index contributed by atoms with van der Waals surface area (Å²) in [6, 6.07) is 9.49. The average molecular weight is 485 g/mol. The predicted octanol–water partition coefficient (Wildman–Crippen LogP) is 2.24. The topological polar surface area (TPSA) is 148 Å². The minimum absolute atomic E-state index is 0.137. The van der Waals surface area contributed by atoms with Crippen LogP contribution in [-0.2, 0) is 20.0 Å². The Kier molecular flexibility index (Phi) is 6.91. The largest absolute Gasteiger partial charge is 0.495 e. The number of non-ortho nitro benzene ring substituents is 1. The summed E-state index contributed by atoms with van der Waals surface area (Å²) in [6.45, 7) is 0.549. The van der Waals surface area contributed by atoms with Gasteiger partial charge in [0.05, 0.1) is 29.7 Å². The van der Waals surface area contributed by atoms with Crippen molar-refractivity contribution in [3.05, 3.63) is 52.6 Å². The van der Waals surface area contributed by atoms with Crippen molar-refractivity contribution in [2.75, 3.05) is 36.5 Å². The maximum atomic E-state index is 13.2. The molecule has 13 heteroatoms. The first kappa shape index (κ1) is 23.8. The van der Waals surface area contributed by atoms with E-state index in [4.69, 9.17) is 4.74 Å². The Labute approximate surface area is 186 Å². The zero-order valence-electron chi connectivity index (χ0n) is 17.5. The smallest absolute Gasteiger partial charge is 0.270 e. The third kappa shape index (κ3) is 5.47. The number of hydrogen-bond acceptors (Lipinski definition) is 8. The standard InChI is InChI=1S/C19H24N4O7S2/c1-30-18-8-4-3-7-16(18)21-32(28,29)19-12-15(23(24)25)9-10-17(19)20-14-6-5-11-22(13-14)31(2,26)27/h3-4,7-10,12,14,20-21H,5-6,11,13H2,1-2H3. The van der Waals surface area contributed by atoms with Gasteiger partial charge < -0.3 is 10.1 Å². The molecule has 1 saturated heterocycles. The van der Waals surface area contributed by atoms with Crippen molar-refractivity contribution in [2.24, 2.45) is 0 Å². The number of ether oxygens (including phenoxy) is 1. The van der Waals surface area contributed by atoms with Crippen LogP contribution in [0.4, 0.5) is 17.1 Å². The van der Waals surface area contributed by atoms with Crippen LogP contribution in [0.1, 0.15) is 12.8 Å². The Morgan fingerprint density at radius 1 is 1.12 bits per heavy atom. The van der Waals surface area contributed by atoms with Crippen LogP contribution in [0.3, 0.4) is 0 Å². The highest BCUT2D eigenvalue weighted by Gasteiger charge is 2.29. The molecular formula is C19H24N4O7S2. The van der Waals surface area contributed by atoms with Crippen molar-refractivity contribution in [2.45, 2.75) is 23.8 Å². The van der Waals surface area contributed by atoms with Crippen molar-refractivity contribution in [3.8, 4) is 5.75 Å². The number of nitrogens with zero attached hydrogens (tertiary/aromatic N) is 2. The first-order chi connectivity index (χ1) is 15.0. The molecule has 0 aromatic heterocycles. The quantitative estimate of drug-likeness (QED) is 0.428. The molecule has 174 valence electrons. The van der Waals surface area contributed by atoms with Gasteiger partial charge in [0.15, 0.2) is 0 Å². The van der Waals surface area contributed by atoms with Crippen LogP contribution in [-0.4, -0.2) is 58.6 Å². The van der Waals surface area contributed by atoms with E-state index in [1.807, 2.05) is 0 Å². The van der Waals surface area contributed by atoms with Gasteiger partial charge in [-0.15, -0.1) is 0 Å². The fourth-order valence-electron chi connectivity index (χ4n) is 3.48. The van der Waals surface area contributed by atoms with Gasteiger partial charge >= 0.3 is 0 Å². The van der Waals surface area contributed by atoms with Crippen molar-refractivity contribution in [1.29, 1.82) is 0 Å². The van der Waals surface area contributed by atoms with Crippen molar-refractivity contribution in [1.82, 2.24) is 4.31 Å². The molecule has 1 aliphatic heterocycles. The van der Waals surface area contributed by atoms with E-state index in [1.165, 1.54) is 29.6 Å². The Hall–Kier alpha value is -2.90. The van der Waals surface area contributed by atoms with Crippen molar-refractivity contribution < 1.29 is 26.5 Å². The van der Waals surface area contributed by atoms with E-state index in [2.05, 4.69) is 10.0 Å². The molecule has 0 saturated carbocycles. The lowest BCUT2D eigenvalue weighted by atomic mass is 10.1. The maximum Gasteiger partial charge on any atom is 0.270 e. The molecule has 1 unspecified atom stereocenters. The number of sulfonamides is 2. The molecule has 0 radical (unpaired) electrons. The van der Waals surface area contributed by atoms with Gasteiger partial charge in [0.1, 0.15) is 10.6 Å². The molecule has 32 heavy (non-hydrogen) atoms. The second kappa shape index (κ2) is 9.30. The van der Waals surface area contributed by atoms with Crippen LogP contribution in [0, 0.1) is 10.1 Å². The zero-order chi connectivity index (χ0) is 23.5. The number of nitro benzene ring substituents is 1. The predicted molar refractivity (Wildman–Crippen MR) is 120 cm³/mol. The second-order valence-corrected chi connectivity index (χ2v) is 11.0. The van der Waals surface area contributed by atoms with E-state index in [0.29, 0.717) is 19.4 Å². The van der Waals surface area contributed by atoms with Crippen LogP contribution < -0.4 is 14.8 Å². The maximum absolute atomic E-state index is 13.2. The number of rotatable bonds is 8. The molecule has 1 atom stereocenters. The molecule has 2 aromatic carbocycles. The second-order valence-electron chi connectivity index (χ2n) is 7.35. The van der Waals surface area contributed by atoms with Crippen LogP contribution in [0.5, 0.6) is 5.75 Å². The summed E-state index contributed by atoms with van der Waals surface area (Å²) >= 11 is 0. The third-order valence-corrected chi connectivity index (χ3v) is 7.70. The average Bonchev–Trinajstić information content (AvgIpc) is 2.73. The van der Waals surface area contributed by atoms with E-state index in [9.17, 15) is 26.9 Å².